The van der Waals surface area contributed by atoms with Crippen LogP contribution in [-0.4, -0.2) is 4.98 Å². The fourth-order valence-electron chi connectivity index (χ4n) is 2.29. The highest BCUT2D eigenvalue weighted by molar-refractivity contribution is 9.10. The van der Waals surface area contributed by atoms with Gasteiger partial charge in [-0.25, -0.2) is 0 Å². The molecule has 1 aromatic heterocycles. The van der Waals surface area contributed by atoms with Crippen LogP contribution in [0.15, 0.2) is 47.1 Å². The molecule has 3 aromatic rings. The van der Waals surface area contributed by atoms with E-state index in [1.807, 2.05) is 30.5 Å². The van der Waals surface area contributed by atoms with Crippen LogP contribution < -0.4 is 5.32 Å². The molecule has 0 fully saturated rings. The van der Waals surface area contributed by atoms with E-state index >= 15 is 0 Å². The topological polar surface area (TPSA) is 27.8 Å². The zero-order valence-corrected chi connectivity index (χ0v) is 13.3. The standard InChI is InChI=1S/C16H14BrClN2/c1-10-14(17)3-2-4-15(10)19-8-11-9-20-16-7-12(18)5-6-13(11)16/h2-7,9,19-20H,8H2,1H3. The van der Waals surface area contributed by atoms with Crippen LogP contribution >= 0.6 is 27.5 Å². The van der Waals surface area contributed by atoms with Gasteiger partial charge in [0, 0.05) is 38.8 Å². The smallest absolute Gasteiger partial charge is 0.0472 e. The van der Waals surface area contributed by atoms with Crippen molar-refractivity contribution >= 4 is 44.1 Å². The van der Waals surface area contributed by atoms with E-state index in [4.69, 9.17) is 11.6 Å². The van der Waals surface area contributed by atoms with Gasteiger partial charge in [-0.1, -0.05) is 39.7 Å². The minimum atomic E-state index is 0.752. The number of H-pyrrole nitrogens is 1. The zero-order valence-electron chi connectivity index (χ0n) is 11.0. The number of aromatic nitrogens is 1. The Labute approximate surface area is 131 Å². The molecule has 0 unspecified atom stereocenters. The van der Waals surface area contributed by atoms with Gasteiger partial charge < -0.3 is 10.3 Å². The number of aromatic amines is 1. The lowest BCUT2D eigenvalue weighted by Crippen LogP contribution is -2.00. The number of fused-ring (bicyclic) bond motifs is 1. The first-order valence-corrected chi connectivity index (χ1v) is 7.57. The molecule has 0 saturated carbocycles. The lowest BCUT2D eigenvalue weighted by atomic mass is 10.1. The van der Waals surface area contributed by atoms with Gasteiger partial charge in [0.15, 0.2) is 0 Å². The molecule has 4 heteroatoms. The SMILES string of the molecule is Cc1c(Br)cccc1NCc1c[nH]c2cc(Cl)ccc12. The van der Waals surface area contributed by atoms with Crippen LogP contribution in [-0.2, 0) is 6.54 Å². The first kappa shape index (κ1) is 13.5. The lowest BCUT2D eigenvalue weighted by Gasteiger charge is -2.10. The van der Waals surface area contributed by atoms with Crippen molar-refractivity contribution < 1.29 is 0 Å². The molecule has 0 aliphatic heterocycles. The summed E-state index contributed by atoms with van der Waals surface area (Å²) < 4.78 is 1.12. The van der Waals surface area contributed by atoms with Crippen molar-refractivity contribution in [3.8, 4) is 0 Å². The predicted molar refractivity (Wildman–Crippen MR) is 89.5 cm³/mol. The quantitative estimate of drug-likeness (QED) is 0.641. The Hall–Kier alpha value is -1.45. The lowest BCUT2D eigenvalue weighted by molar-refractivity contribution is 1.15. The van der Waals surface area contributed by atoms with E-state index in [2.05, 4.69) is 45.3 Å². The van der Waals surface area contributed by atoms with Crippen molar-refractivity contribution in [2.45, 2.75) is 13.5 Å². The molecule has 0 radical (unpaired) electrons. The third kappa shape index (κ3) is 2.56. The molecular formula is C16H14BrClN2. The summed E-state index contributed by atoms with van der Waals surface area (Å²) in [4.78, 5) is 3.26. The summed E-state index contributed by atoms with van der Waals surface area (Å²) in [6.07, 6.45) is 2.03. The van der Waals surface area contributed by atoms with Crippen molar-refractivity contribution in [1.82, 2.24) is 4.98 Å². The van der Waals surface area contributed by atoms with Crippen molar-refractivity contribution in [3.63, 3.8) is 0 Å². The third-order valence-corrected chi connectivity index (χ3v) is 4.56. The number of rotatable bonds is 3. The van der Waals surface area contributed by atoms with Gasteiger partial charge in [-0.05, 0) is 42.3 Å². The minimum absolute atomic E-state index is 0.752. The molecule has 2 nitrogen and oxygen atoms in total. The summed E-state index contributed by atoms with van der Waals surface area (Å²) in [5, 5.41) is 5.43. The Balaban J connectivity index is 1.85. The highest BCUT2D eigenvalue weighted by Crippen LogP contribution is 2.26. The predicted octanol–water partition coefficient (Wildman–Crippen LogP) is 5.50. The van der Waals surface area contributed by atoms with Crippen molar-refractivity contribution in [3.05, 3.63) is 63.2 Å². The van der Waals surface area contributed by atoms with E-state index in [1.54, 1.807) is 0 Å². The van der Waals surface area contributed by atoms with Crippen LogP contribution in [0.2, 0.25) is 5.02 Å². The Bertz CT molecular complexity index is 764. The zero-order chi connectivity index (χ0) is 14.1. The molecule has 1 heterocycles. The summed E-state index contributed by atoms with van der Waals surface area (Å²) in [5.41, 5.74) is 4.66. The second kappa shape index (κ2) is 5.51. The molecule has 0 saturated heterocycles. The molecule has 0 spiro atoms. The molecule has 0 amide bonds. The van der Waals surface area contributed by atoms with Gasteiger partial charge in [-0.2, -0.15) is 0 Å². The molecule has 3 rings (SSSR count). The van der Waals surface area contributed by atoms with Crippen molar-refractivity contribution in [2.24, 2.45) is 0 Å². The van der Waals surface area contributed by atoms with Crippen LogP contribution in [0.3, 0.4) is 0 Å². The van der Waals surface area contributed by atoms with E-state index in [0.717, 1.165) is 27.2 Å². The maximum atomic E-state index is 6.00. The summed E-state index contributed by atoms with van der Waals surface area (Å²) in [6.45, 7) is 2.88. The second-order valence-corrected chi connectivity index (χ2v) is 6.06. The van der Waals surface area contributed by atoms with Gasteiger partial charge in [0.1, 0.15) is 0 Å². The molecule has 2 N–H and O–H groups in total. The average Bonchev–Trinajstić information content (AvgIpc) is 2.83. The molecule has 2 aromatic carbocycles. The normalized spacial score (nSPS) is 10.9. The highest BCUT2D eigenvalue weighted by atomic mass is 79.9. The number of halogens is 2. The molecule has 0 bridgehead atoms. The summed E-state index contributed by atoms with van der Waals surface area (Å²) in [7, 11) is 0. The minimum Gasteiger partial charge on any atom is -0.381 e. The van der Waals surface area contributed by atoms with Crippen LogP contribution in [0.1, 0.15) is 11.1 Å². The van der Waals surface area contributed by atoms with E-state index in [0.29, 0.717) is 0 Å². The number of hydrogen-bond acceptors (Lipinski definition) is 1. The van der Waals surface area contributed by atoms with E-state index in [9.17, 15) is 0 Å². The summed E-state index contributed by atoms with van der Waals surface area (Å²) >= 11 is 9.55. The molecule has 102 valence electrons. The third-order valence-electron chi connectivity index (χ3n) is 3.47. The molecule has 0 aliphatic carbocycles. The van der Waals surface area contributed by atoms with Gasteiger partial charge in [-0.15, -0.1) is 0 Å². The molecule has 0 aliphatic rings. The number of nitrogens with one attached hydrogen (secondary N) is 2. The highest BCUT2D eigenvalue weighted by Gasteiger charge is 2.06. The maximum Gasteiger partial charge on any atom is 0.0472 e. The van der Waals surface area contributed by atoms with Gasteiger partial charge in [-0.3, -0.25) is 0 Å². The Morgan fingerprint density at radius 1 is 1.25 bits per heavy atom. The number of hydrogen-bond donors (Lipinski definition) is 2. The first-order chi connectivity index (χ1) is 9.65. The van der Waals surface area contributed by atoms with Crippen molar-refractivity contribution in [1.29, 1.82) is 0 Å². The second-order valence-electron chi connectivity index (χ2n) is 4.77. The van der Waals surface area contributed by atoms with Crippen molar-refractivity contribution in [2.75, 3.05) is 5.32 Å². The average molecular weight is 350 g/mol. The van der Waals surface area contributed by atoms with Gasteiger partial charge in [0.2, 0.25) is 0 Å². The monoisotopic (exact) mass is 348 g/mol. The Morgan fingerprint density at radius 3 is 2.95 bits per heavy atom. The summed E-state index contributed by atoms with van der Waals surface area (Å²) in [6, 6.07) is 12.1. The van der Waals surface area contributed by atoms with Crippen LogP contribution in [0.5, 0.6) is 0 Å². The van der Waals surface area contributed by atoms with Crippen LogP contribution in [0.25, 0.3) is 10.9 Å². The van der Waals surface area contributed by atoms with Gasteiger partial charge in [0.05, 0.1) is 0 Å². The van der Waals surface area contributed by atoms with Crippen LogP contribution in [0, 0.1) is 6.92 Å². The summed E-state index contributed by atoms with van der Waals surface area (Å²) in [5.74, 6) is 0. The fraction of sp³-hybridized carbons (Fsp3) is 0.125. The molecule has 20 heavy (non-hydrogen) atoms. The number of benzene rings is 2. The molecule has 0 atom stereocenters. The fourth-order valence-corrected chi connectivity index (χ4v) is 2.83. The van der Waals surface area contributed by atoms with Crippen LogP contribution in [0.4, 0.5) is 5.69 Å². The van der Waals surface area contributed by atoms with E-state index in [-0.39, 0.29) is 0 Å². The first-order valence-electron chi connectivity index (χ1n) is 6.39. The Kier molecular flexibility index (Phi) is 3.72. The van der Waals surface area contributed by atoms with Gasteiger partial charge >= 0.3 is 0 Å². The maximum absolute atomic E-state index is 6.00. The van der Waals surface area contributed by atoms with E-state index in [1.165, 1.54) is 16.5 Å². The van der Waals surface area contributed by atoms with E-state index < -0.39 is 0 Å². The Morgan fingerprint density at radius 2 is 2.10 bits per heavy atom. The number of anilines is 1. The van der Waals surface area contributed by atoms with Gasteiger partial charge in [0.25, 0.3) is 0 Å². The largest absolute Gasteiger partial charge is 0.381 e. The molecular weight excluding hydrogens is 336 g/mol.